The molecule has 162 valence electrons. The van der Waals surface area contributed by atoms with Gasteiger partial charge in [0.15, 0.2) is 0 Å². The Bertz CT molecular complexity index is 918. The van der Waals surface area contributed by atoms with Gasteiger partial charge in [-0.05, 0) is 39.5 Å². The average molecular weight is 415 g/mol. The molecule has 0 spiro atoms. The van der Waals surface area contributed by atoms with Gasteiger partial charge in [0.1, 0.15) is 6.54 Å². The summed E-state index contributed by atoms with van der Waals surface area (Å²) in [4.78, 5) is 57.8. The SMILES string of the molecule is Cc1ncn(CC(=O)N2CCC(N3C(=O)NC4CCCCC4C3=O)CC2)c(=O)c1C. The van der Waals surface area contributed by atoms with Crippen LogP contribution >= 0.6 is 0 Å². The summed E-state index contributed by atoms with van der Waals surface area (Å²) >= 11 is 0. The zero-order valence-electron chi connectivity index (χ0n) is 17.6. The van der Waals surface area contributed by atoms with E-state index in [-0.39, 0.29) is 48.0 Å². The van der Waals surface area contributed by atoms with Crippen LogP contribution in [-0.4, -0.2) is 62.4 Å². The van der Waals surface area contributed by atoms with Gasteiger partial charge in [0.05, 0.1) is 12.2 Å². The van der Waals surface area contributed by atoms with Crippen molar-refractivity contribution in [1.82, 2.24) is 24.7 Å². The summed E-state index contributed by atoms with van der Waals surface area (Å²) in [5, 5.41) is 3.02. The number of aromatic nitrogens is 2. The standard InChI is InChI=1S/C21H29N5O4/c1-13-14(2)22-12-25(19(13)28)11-18(27)24-9-7-15(8-10-24)26-20(29)16-5-3-4-6-17(16)23-21(26)30/h12,15-17H,3-11H2,1-2H3,(H,23,30). The number of urea groups is 1. The molecule has 1 aliphatic carbocycles. The summed E-state index contributed by atoms with van der Waals surface area (Å²) in [5.74, 6) is -0.316. The van der Waals surface area contributed by atoms with E-state index < -0.39 is 0 Å². The van der Waals surface area contributed by atoms with Crippen LogP contribution in [-0.2, 0) is 16.1 Å². The third-order valence-corrected chi connectivity index (χ3v) is 6.85. The highest BCUT2D eigenvalue weighted by molar-refractivity contribution is 5.99. The fraction of sp³-hybridized carbons (Fsp3) is 0.667. The van der Waals surface area contributed by atoms with Crippen molar-refractivity contribution >= 4 is 17.8 Å². The molecule has 9 nitrogen and oxygen atoms in total. The lowest BCUT2D eigenvalue weighted by Gasteiger charge is -2.45. The second-order valence-corrected chi connectivity index (χ2v) is 8.66. The van der Waals surface area contributed by atoms with Gasteiger partial charge in [-0.3, -0.25) is 23.9 Å². The van der Waals surface area contributed by atoms with Crippen molar-refractivity contribution in [2.75, 3.05) is 13.1 Å². The maximum absolute atomic E-state index is 13.0. The number of fused-ring (bicyclic) bond motifs is 1. The number of likely N-dealkylation sites (tertiary alicyclic amines) is 1. The van der Waals surface area contributed by atoms with Gasteiger partial charge < -0.3 is 10.2 Å². The van der Waals surface area contributed by atoms with Crippen molar-refractivity contribution in [3.8, 4) is 0 Å². The number of amides is 4. The second-order valence-electron chi connectivity index (χ2n) is 8.66. The van der Waals surface area contributed by atoms with Crippen molar-refractivity contribution in [2.45, 2.75) is 71.0 Å². The number of carbonyl (C=O) groups excluding carboxylic acids is 3. The zero-order valence-corrected chi connectivity index (χ0v) is 17.6. The van der Waals surface area contributed by atoms with Gasteiger partial charge in [0.25, 0.3) is 5.56 Å². The van der Waals surface area contributed by atoms with Crippen LogP contribution in [0, 0.1) is 19.8 Å². The number of hydrogen-bond donors (Lipinski definition) is 1. The molecule has 4 rings (SSSR count). The van der Waals surface area contributed by atoms with Crippen molar-refractivity contribution in [3.05, 3.63) is 27.9 Å². The molecule has 3 fully saturated rings. The Hall–Kier alpha value is -2.71. The van der Waals surface area contributed by atoms with E-state index in [0.29, 0.717) is 37.2 Å². The van der Waals surface area contributed by atoms with Crippen LogP contribution in [0.15, 0.2) is 11.1 Å². The average Bonchev–Trinajstić information content (AvgIpc) is 2.74. The van der Waals surface area contributed by atoms with Crippen LogP contribution in [0.5, 0.6) is 0 Å². The quantitative estimate of drug-likeness (QED) is 0.792. The number of nitrogens with one attached hydrogen (secondary N) is 1. The summed E-state index contributed by atoms with van der Waals surface area (Å²) in [7, 11) is 0. The molecule has 2 aliphatic heterocycles. The second kappa shape index (κ2) is 8.20. The lowest BCUT2D eigenvalue weighted by molar-refractivity contribution is -0.140. The van der Waals surface area contributed by atoms with Gasteiger partial charge in [-0.15, -0.1) is 0 Å². The summed E-state index contributed by atoms with van der Waals surface area (Å²) in [6.45, 7) is 4.34. The first-order valence-electron chi connectivity index (χ1n) is 10.8. The molecule has 1 aromatic heterocycles. The molecule has 2 unspecified atom stereocenters. The fourth-order valence-corrected chi connectivity index (χ4v) is 4.86. The molecule has 0 bridgehead atoms. The van der Waals surface area contributed by atoms with E-state index in [0.717, 1.165) is 25.7 Å². The first-order chi connectivity index (χ1) is 14.4. The van der Waals surface area contributed by atoms with Gasteiger partial charge >= 0.3 is 6.03 Å². The minimum Gasteiger partial charge on any atom is -0.341 e. The van der Waals surface area contributed by atoms with Crippen LogP contribution in [0.1, 0.15) is 49.8 Å². The number of hydrogen-bond acceptors (Lipinski definition) is 5. The van der Waals surface area contributed by atoms with Crippen LogP contribution in [0.2, 0.25) is 0 Å². The summed E-state index contributed by atoms with van der Waals surface area (Å²) in [5.41, 5.74) is 0.997. The molecular weight excluding hydrogens is 386 g/mol. The molecular formula is C21H29N5O4. The van der Waals surface area contributed by atoms with Crippen LogP contribution in [0.25, 0.3) is 0 Å². The lowest BCUT2D eigenvalue weighted by Crippen LogP contribution is -2.64. The number of rotatable bonds is 3. The van der Waals surface area contributed by atoms with Crippen molar-refractivity contribution in [2.24, 2.45) is 5.92 Å². The molecule has 30 heavy (non-hydrogen) atoms. The third-order valence-electron chi connectivity index (χ3n) is 6.85. The monoisotopic (exact) mass is 415 g/mol. The Morgan fingerprint density at radius 2 is 1.80 bits per heavy atom. The third kappa shape index (κ3) is 3.73. The molecule has 9 heteroatoms. The molecule has 4 amide bonds. The number of aryl methyl sites for hydroxylation is 1. The predicted molar refractivity (Wildman–Crippen MR) is 109 cm³/mol. The molecule has 2 atom stereocenters. The molecule has 2 saturated heterocycles. The predicted octanol–water partition coefficient (Wildman–Crippen LogP) is 0.962. The van der Waals surface area contributed by atoms with Crippen LogP contribution in [0.3, 0.4) is 0 Å². The van der Waals surface area contributed by atoms with E-state index in [4.69, 9.17) is 0 Å². The molecule has 3 heterocycles. The number of nitrogens with zero attached hydrogens (tertiary/aromatic N) is 4. The van der Waals surface area contributed by atoms with E-state index in [1.165, 1.54) is 15.8 Å². The lowest BCUT2D eigenvalue weighted by atomic mass is 9.81. The maximum Gasteiger partial charge on any atom is 0.324 e. The smallest absolute Gasteiger partial charge is 0.324 e. The van der Waals surface area contributed by atoms with E-state index >= 15 is 0 Å². The van der Waals surface area contributed by atoms with E-state index in [1.807, 2.05) is 0 Å². The molecule has 1 aromatic rings. The largest absolute Gasteiger partial charge is 0.341 e. The van der Waals surface area contributed by atoms with E-state index in [2.05, 4.69) is 10.3 Å². The fourth-order valence-electron chi connectivity index (χ4n) is 4.86. The van der Waals surface area contributed by atoms with Crippen LogP contribution in [0.4, 0.5) is 4.79 Å². The minimum absolute atomic E-state index is 0.0263. The minimum atomic E-state index is -0.291. The molecule has 0 aromatic carbocycles. The van der Waals surface area contributed by atoms with Crippen LogP contribution < -0.4 is 10.9 Å². The van der Waals surface area contributed by atoms with Gasteiger partial charge in [0.2, 0.25) is 11.8 Å². The number of imide groups is 1. The first kappa shape index (κ1) is 20.6. The van der Waals surface area contributed by atoms with Gasteiger partial charge in [-0.1, -0.05) is 12.8 Å². The Balaban J connectivity index is 1.37. The van der Waals surface area contributed by atoms with Gasteiger partial charge in [0, 0.05) is 36.4 Å². The Morgan fingerprint density at radius 1 is 1.10 bits per heavy atom. The Morgan fingerprint density at radius 3 is 2.53 bits per heavy atom. The number of carbonyl (C=O) groups is 3. The normalized spacial score (nSPS) is 25.1. The Labute approximate surface area is 175 Å². The summed E-state index contributed by atoms with van der Waals surface area (Å²) in [6, 6.07) is -0.502. The van der Waals surface area contributed by atoms with E-state index in [9.17, 15) is 19.2 Å². The highest BCUT2D eigenvalue weighted by Gasteiger charge is 2.45. The van der Waals surface area contributed by atoms with Crippen molar-refractivity contribution in [3.63, 3.8) is 0 Å². The topological polar surface area (TPSA) is 105 Å². The van der Waals surface area contributed by atoms with Crippen molar-refractivity contribution < 1.29 is 14.4 Å². The van der Waals surface area contributed by atoms with Crippen molar-refractivity contribution in [1.29, 1.82) is 0 Å². The number of piperidine rings is 1. The summed E-state index contributed by atoms with van der Waals surface area (Å²) in [6.07, 6.45) is 6.30. The van der Waals surface area contributed by atoms with Gasteiger partial charge in [-0.25, -0.2) is 9.78 Å². The molecule has 1 N–H and O–H groups in total. The molecule has 1 saturated carbocycles. The highest BCUT2D eigenvalue weighted by atomic mass is 16.2. The maximum atomic E-state index is 13.0. The zero-order chi connectivity index (χ0) is 21.4. The summed E-state index contributed by atoms with van der Waals surface area (Å²) < 4.78 is 1.33. The van der Waals surface area contributed by atoms with Gasteiger partial charge in [-0.2, -0.15) is 0 Å². The molecule has 0 radical (unpaired) electrons. The highest BCUT2D eigenvalue weighted by Crippen LogP contribution is 2.31. The molecule has 3 aliphatic rings. The van der Waals surface area contributed by atoms with E-state index in [1.54, 1.807) is 18.7 Å². The first-order valence-corrected chi connectivity index (χ1v) is 10.8. The Kier molecular flexibility index (Phi) is 5.62.